The van der Waals surface area contributed by atoms with Gasteiger partial charge in [-0.25, -0.2) is 0 Å². The minimum Gasteiger partial charge on any atom is -0.389 e. The Hall–Kier alpha value is -1.39. The number of aliphatic hydroxyl groups excluding tert-OH is 1. The molecule has 1 saturated heterocycles. The van der Waals surface area contributed by atoms with E-state index in [4.69, 9.17) is 4.84 Å². The van der Waals surface area contributed by atoms with Crippen molar-refractivity contribution in [3.05, 3.63) is 29.8 Å². The van der Waals surface area contributed by atoms with Crippen molar-refractivity contribution in [1.82, 2.24) is 0 Å². The number of hydrogen-bond acceptors (Lipinski definition) is 3. The highest BCUT2D eigenvalue weighted by Crippen LogP contribution is 2.26. The Morgan fingerprint density at radius 1 is 1.47 bits per heavy atom. The first-order valence-corrected chi connectivity index (χ1v) is 5.89. The number of aliphatic hydroxyl groups is 1. The van der Waals surface area contributed by atoms with Gasteiger partial charge in [0.1, 0.15) is 0 Å². The molecule has 4 nitrogen and oxygen atoms in total. The summed E-state index contributed by atoms with van der Waals surface area (Å²) in [6.07, 6.45) is 0.754. The van der Waals surface area contributed by atoms with Gasteiger partial charge >= 0.3 is 0 Å². The lowest BCUT2D eigenvalue weighted by Gasteiger charge is -2.16. The van der Waals surface area contributed by atoms with E-state index in [9.17, 15) is 9.90 Å². The molecule has 0 saturated carbocycles. The molecule has 4 heteroatoms. The van der Waals surface area contributed by atoms with Crippen LogP contribution in [0.1, 0.15) is 38.4 Å². The summed E-state index contributed by atoms with van der Waals surface area (Å²) >= 11 is 0. The molecule has 0 spiro atoms. The van der Waals surface area contributed by atoms with E-state index >= 15 is 0 Å². The highest BCUT2D eigenvalue weighted by molar-refractivity contribution is 5.93. The lowest BCUT2D eigenvalue weighted by Crippen LogP contribution is -2.22. The van der Waals surface area contributed by atoms with Gasteiger partial charge in [-0.2, -0.15) is 5.06 Å². The number of hydroxylamine groups is 1. The second-order valence-electron chi connectivity index (χ2n) is 4.30. The standard InChI is InChI=1S/C13H17NO3/c1-3-12-8-13(16)14(17-12)11-6-4-10(5-7-11)9(2)15/h4-7,9,12,15H,3,8H2,1-2H3. The number of carbonyl (C=O) groups is 1. The summed E-state index contributed by atoms with van der Waals surface area (Å²) in [7, 11) is 0. The predicted molar refractivity (Wildman–Crippen MR) is 64.3 cm³/mol. The maximum Gasteiger partial charge on any atom is 0.253 e. The van der Waals surface area contributed by atoms with Gasteiger partial charge in [0.2, 0.25) is 0 Å². The van der Waals surface area contributed by atoms with E-state index in [1.54, 1.807) is 31.2 Å². The van der Waals surface area contributed by atoms with Gasteiger partial charge in [-0.1, -0.05) is 19.1 Å². The fourth-order valence-corrected chi connectivity index (χ4v) is 1.83. The van der Waals surface area contributed by atoms with Gasteiger partial charge in [-0.15, -0.1) is 0 Å². The Labute approximate surface area is 101 Å². The molecule has 1 amide bonds. The third-order valence-corrected chi connectivity index (χ3v) is 2.95. The maximum absolute atomic E-state index is 11.7. The van der Waals surface area contributed by atoms with Crippen LogP contribution in [0.3, 0.4) is 0 Å². The van der Waals surface area contributed by atoms with Gasteiger partial charge in [0.25, 0.3) is 5.91 Å². The summed E-state index contributed by atoms with van der Waals surface area (Å²) < 4.78 is 0. The molecule has 1 aromatic carbocycles. The van der Waals surface area contributed by atoms with E-state index in [-0.39, 0.29) is 12.0 Å². The van der Waals surface area contributed by atoms with Crippen molar-refractivity contribution in [2.24, 2.45) is 0 Å². The molecule has 1 aliphatic heterocycles. The Bertz CT molecular complexity index is 400. The first kappa shape index (κ1) is 12.1. The van der Waals surface area contributed by atoms with E-state index in [1.807, 2.05) is 6.92 Å². The summed E-state index contributed by atoms with van der Waals surface area (Å²) in [4.78, 5) is 17.2. The second kappa shape index (κ2) is 4.85. The van der Waals surface area contributed by atoms with Crippen LogP contribution in [0.25, 0.3) is 0 Å². The Morgan fingerprint density at radius 3 is 2.59 bits per heavy atom. The SMILES string of the molecule is CCC1CC(=O)N(c2ccc(C(C)O)cc2)O1. The summed E-state index contributed by atoms with van der Waals surface area (Å²) in [5.74, 6) is -0.0124. The van der Waals surface area contributed by atoms with Gasteiger partial charge in [0, 0.05) is 0 Å². The molecule has 0 bridgehead atoms. The van der Waals surface area contributed by atoms with Crippen molar-refractivity contribution in [1.29, 1.82) is 0 Å². The van der Waals surface area contributed by atoms with E-state index in [1.165, 1.54) is 5.06 Å². The minimum atomic E-state index is -0.498. The average Bonchev–Trinajstić information content (AvgIpc) is 2.71. The van der Waals surface area contributed by atoms with Crippen molar-refractivity contribution in [2.45, 2.75) is 38.9 Å². The van der Waals surface area contributed by atoms with Crippen LogP contribution in [0, 0.1) is 0 Å². The van der Waals surface area contributed by atoms with Crippen LogP contribution in [-0.2, 0) is 9.63 Å². The fraction of sp³-hybridized carbons (Fsp3) is 0.462. The van der Waals surface area contributed by atoms with Crippen LogP contribution in [0.5, 0.6) is 0 Å². The third kappa shape index (κ3) is 2.48. The van der Waals surface area contributed by atoms with Crippen molar-refractivity contribution in [2.75, 3.05) is 5.06 Å². The Kier molecular flexibility index (Phi) is 3.45. The first-order valence-electron chi connectivity index (χ1n) is 5.89. The zero-order valence-corrected chi connectivity index (χ0v) is 10.1. The van der Waals surface area contributed by atoms with Crippen LogP contribution >= 0.6 is 0 Å². The van der Waals surface area contributed by atoms with Gasteiger partial charge < -0.3 is 5.11 Å². The number of benzene rings is 1. The average molecular weight is 235 g/mol. The molecule has 1 heterocycles. The zero-order valence-electron chi connectivity index (χ0n) is 10.1. The van der Waals surface area contributed by atoms with E-state index in [0.717, 1.165) is 17.7 Å². The zero-order chi connectivity index (χ0) is 12.4. The van der Waals surface area contributed by atoms with Crippen molar-refractivity contribution >= 4 is 11.6 Å². The van der Waals surface area contributed by atoms with Crippen LogP contribution in [0.2, 0.25) is 0 Å². The van der Waals surface area contributed by atoms with Gasteiger partial charge in [0.15, 0.2) is 0 Å². The van der Waals surface area contributed by atoms with E-state index in [0.29, 0.717) is 6.42 Å². The summed E-state index contributed by atoms with van der Waals surface area (Å²) in [6.45, 7) is 3.71. The topological polar surface area (TPSA) is 49.8 Å². The molecule has 2 atom stereocenters. The molecule has 0 radical (unpaired) electrons. The smallest absolute Gasteiger partial charge is 0.253 e. The van der Waals surface area contributed by atoms with Crippen LogP contribution in [0.4, 0.5) is 5.69 Å². The molecule has 1 aromatic rings. The van der Waals surface area contributed by atoms with Gasteiger partial charge in [-0.3, -0.25) is 9.63 Å². The molecule has 2 rings (SSSR count). The molecule has 1 N–H and O–H groups in total. The Morgan fingerprint density at radius 2 is 2.12 bits per heavy atom. The number of anilines is 1. The van der Waals surface area contributed by atoms with Crippen LogP contribution in [-0.4, -0.2) is 17.1 Å². The summed E-state index contributed by atoms with van der Waals surface area (Å²) in [5.41, 5.74) is 1.54. The lowest BCUT2D eigenvalue weighted by atomic mass is 10.1. The fourth-order valence-electron chi connectivity index (χ4n) is 1.83. The van der Waals surface area contributed by atoms with Gasteiger partial charge in [0.05, 0.1) is 24.3 Å². The molecule has 2 unspecified atom stereocenters. The molecule has 0 aliphatic carbocycles. The first-order chi connectivity index (χ1) is 8.11. The third-order valence-electron chi connectivity index (χ3n) is 2.95. The molecular formula is C13H17NO3. The van der Waals surface area contributed by atoms with Gasteiger partial charge in [-0.05, 0) is 31.0 Å². The number of amides is 1. The number of carbonyl (C=O) groups excluding carboxylic acids is 1. The molecular weight excluding hydrogens is 218 g/mol. The summed E-state index contributed by atoms with van der Waals surface area (Å²) in [5, 5.41) is 10.7. The van der Waals surface area contributed by atoms with Crippen LogP contribution in [0.15, 0.2) is 24.3 Å². The largest absolute Gasteiger partial charge is 0.389 e. The predicted octanol–water partition coefficient (Wildman–Crippen LogP) is 2.19. The monoisotopic (exact) mass is 235 g/mol. The van der Waals surface area contributed by atoms with Crippen molar-refractivity contribution in [3.63, 3.8) is 0 Å². The summed E-state index contributed by atoms with van der Waals surface area (Å²) in [6, 6.07) is 7.18. The maximum atomic E-state index is 11.7. The molecule has 17 heavy (non-hydrogen) atoms. The van der Waals surface area contributed by atoms with Crippen LogP contribution < -0.4 is 5.06 Å². The van der Waals surface area contributed by atoms with Crippen molar-refractivity contribution in [3.8, 4) is 0 Å². The lowest BCUT2D eigenvalue weighted by molar-refractivity contribution is -0.119. The highest BCUT2D eigenvalue weighted by atomic mass is 16.7. The molecule has 0 aromatic heterocycles. The second-order valence-corrected chi connectivity index (χ2v) is 4.30. The van der Waals surface area contributed by atoms with E-state index in [2.05, 4.69) is 0 Å². The minimum absolute atomic E-state index is 0.0124. The number of hydrogen-bond donors (Lipinski definition) is 1. The molecule has 1 aliphatic rings. The highest BCUT2D eigenvalue weighted by Gasteiger charge is 2.30. The Balaban J connectivity index is 2.15. The number of nitrogens with zero attached hydrogens (tertiary/aromatic N) is 1. The quantitative estimate of drug-likeness (QED) is 0.873. The number of rotatable bonds is 3. The molecule has 92 valence electrons. The van der Waals surface area contributed by atoms with E-state index < -0.39 is 6.10 Å². The molecule has 1 fully saturated rings. The van der Waals surface area contributed by atoms with Crippen molar-refractivity contribution < 1.29 is 14.7 Å². The normalized spacial score (nSPS) is 21.9.